The van der Waals surface area contributed by atoms with E-state index in [0.29, 0.717) is 27.8 Å². The quantitative estimate of drug-likeness (QED) is 0.366. The number of halogens is 2. The second kappa shape index (κ2) is 13.7. The van der Waals surface area contributed by atoms with E-state index in [9.17, 15) is 18.0 Å². The van der Waals surface area contributed by atoms with E-state index in [-0.39, 0.29) is 37.7 Å². The molecule has 192 valence electrons. The summed E-state index contributed by atoms with van der Waals surface area (Å²) in [6.45, 7) is 4.41. The Bertz CT molecular complexity index is 1080. The number of hydrogen-bond donors (Lipinski definition) is 1. The Kier molecular flexibility index (Phi) is 11.3. The van der Waals surface area contributed by atoms with Crippen molar-refractivity contribution in [3.8, 4) is 0 Å². The maximum absolute atomic E-state index is 13.3. The number of para-hydroxylation sites is 1. The fourth-order valence-electron chi connectivity index (χ4n) is 3.57. The van der Waals surface area contributed by atoms with Crippen LogP contribution in [0.5, 0.6) is 0 Å². The van der Waals surface area contributed by atoms with Crippen LogP contribution in [0.4, 0.5) is 5.69 Å². The molecule has 2 amide bonds. The third-order valence-electron chi connectivity index (χ3n) is 5.58. The Morgan fingerprint density at radius 2 is 1.63 bits per heavy atom. The largest absolute Gasteiger partial charge is 0.354 e. The van der Waals surface area contributed by atoms with Crippen molar-refractivity contribution in [3.63, 3.8) is 0 Å². The minimum absolute atomic E-state index is 0.0491. The highest BCUT2D eigenvalue weighted by atomic mass is 35.5. The number of hydrogen-bond acceptors (Lipinski definition) is 4. The lowest BCUT2D eigenvalue weighted by Gasteiger charge is -2.30. The average Bonchev–Trinajstić information content (AvgIpc) is 2.81. The van der Waals surface area contributed by atoms with Gasteiger partial charge in [0, 0.05) is 41.7 Å². The van der Waals surface area contributed by atoms with Crippen molar-refractivity contribution >= 4 is 50.7 Å². The van der Waals surface area contributed by atoms with Crippen LogP contribution in [0.1, 0.15) is 45.1 Å². The second-order valence-electron chi connectivity index (χ2n) is 8.32. The van der Waals surface area contributed by atoms with Crippen LogP contribution in [0, 0.1) is 0 Å². The molecule has 0 aromatic heterocycles. The van der Waals surface area contributed by atoms with Gasteiger partial charge < -0.3 is 10.2 Å². The van der Waals surface area contributed by atoms with Crippen LogP contribution in [-0.2, 0) is 26.2 Å². The van der Waals surface area contributed by atoms with Gasteiger partial charge >= 0.3 is 0 Å². The van der Waals surface area contributed by atoms with Gasteiger partial charge in [0.15, 0.2) is 0 Å². The number of carbonyl (C=O) groups is 2. The summed E-state index contributed by atoms with van der Waals surface area (Å²) in [6.07, 6.45) is 3.23. The molecule has 2 aromatic rings. The Labute approximate surface area is 218 Å². The van der Waals surface area contributed by atoms with E-state index in [0.717, 1.165) is 19.1 Å². The molecule has 0 aliphatic carbocycles. The second-order valence-corrected chi connectivity index (χ2v) is 11.0. The van der Waals surface area contributed by atoms with Gasteiger partial charge in [-0.05, 0) is 44.0 Å². The Hall–Kier alpha value is -2.29. The first-order chi connectivity index (χ1) is 16.6. The fraction of sp³-hybridized carbons (Fsp3) is 0.440. The third-order valence-corrected chi connectivity index (χ3v) is 7.49. The number of rotatable bonds is 13. The molecule has 0 unspecified atom stereocenters. The summed E-state index contributed by atoms with van der Waals surface area (Å²) in [5, 5.41) is 3.67. The van der Waals surface area contributed by atoms with Gasteiger partial charge in [0.1, 0.15) is 6.04 Å². The molecule has 0 radical (unpaired) electrons. The molecule has 7 nitrogen and oxygen atoms in total. The van der Waals surface area contributed by atoms with Crippen molar-refractivity contribution in [1.29, 1.82) is 0 Å². The smallest absolute Gasteiger partial charge is 0.242 e. The number of anilines is 1. The molecule has 0 spiro atoms. The minimum Gasteiger partial charge on any atom is -0.354 e. The molecule has 0 heterocycles. The molecule has 1 N–H and O–H groups in total. The number of nitrogens with zero attached hydrogens (tertiary/aromatic N) is 2. The molecular formula is C25H33Cl2N3O4S. The first kappa shape index (κ1) is 28.9. The van der Waals surface area contributed by atoms with Crippen molar-refractivity contribution in [2.75, 3.05) is 23.7 Å². The van der Waals surface area contributed by atoms with Gasteiger partial charge in [-0.15, -0.1) is 0 Å². The van der Waals surface area contributed by atoms with Crippen LogP contribution in [0.3, 0.4) is 0 Å². The van der Waals surface area contributed by atoms with Crippen LogP contribution in [-0.4, -0.2) is 50.5 Å². The van der Waals surface area contributed by atoms with E-state index in [2.05, 4.69) is 5.32 Å². The van der Waals surface area contributed by atoms with Crippen molar-refractivity contribution in [1.82, 2.24) is 10.2 Å². The highest BCUT2D eigenvalue weighted by Gasteiger charge is 2.27. The summed E-state index contributed by atoms with van der Waals surface area (Å²) in [5.41, 5.74) is 1.09. The third kappa shape index (κ3) is 8.70. The number of amides is 2. The highest BCUT2D eigenvalue weighted by Crippen LogP contribution is 2.27. The molecule has 0 saturated carbocycles. The summed E-state index contributed by atoms with van der Waals surface area (Å²) in [6, 6.07) is 13.0. The molecule has 0 bridgehead atoms. The topological polar surface area (TPSA) is 86.8 Å². The van der Waals surface area contributed by atoms with Gasteiger partial charge in [0.05, 0.1) is 11.9 Å². The molecule has 0 aliphatic rings. The number of unbranched alkanes of at least 4 members (excludes halogenated alkanes) is 1. The van der Waals surface area contributed by atoms with Crippen LogP contribution in [0.2, 0.25) is 10.0 Å². The summed E-state index contributed by atoms with van der Waals surface area (Å²) >= 11 is 12.7. The van der Waals surface area contributed by atoms with Crippen molar-refractivity contribution in [2.45, 2.75) is 52.1 Å². The van der Waals surface area contributed by atoms with Crippen LogP contribution in [0.25, 0.3) is 0 Å². The molecule has 2 rings (SSSR count). The van der Waals surface area contributed by atoms with Gasteiger partial charge in [0.2, 0.25) is 21.8 Å². The summed E-state index contributed by atoms with van der Waals surface area (Å²) in [7, 11) is -3.53. The number of sulfonamides is 1. The summed E-state index contributed by atoms with van der Waals surface area (Å²) in [4.78, 5) is 27.5. The zero-order chi connectivity index (χ0) is 26.0. The first-order valence-electron chi connectivity index (χ1n) is 11.6. The van der Waals surface area contributed by atoms with Gasteiger partial charge in [-0.2, -0.15) is 0 Å². The lowest BCUT2D eigenvalue weighted by Crippen LogP contribution is -2.48. The standard InChI is InChI=1S/C25H33Cl2N3O4S/c1-4-5-16-28-25(32)19(2)29(18-21-22(26)13-9-14-23(21)27)24(31)15-10-17-30(35(3,33)34)20-11-7-6-8-12-20/h6-9,11-14,19H,4-5,10,15-18H2,1-3H3,(H,28,32)/t19-/m0/s1. The monoisotopic (exact) mass is 541 g/mol. The predicted octanol–water partition coefficient (Wildman–Crippen LogP) is 4.87. The lowest BCUT2D eigenvalue weighted by molar-refractivity contribution is -0.140. The van der Waals surface area contributed by atoms with E-state index in [1.807, 2.05) is 6.92 Å². The molecular weight excluding hydrogens is 509 g/mol. The Morgan fingerprint density at radius 1 is 1.00 bits per heavy atom. The van der Waals surface area contributed by atoms with E-state index >= 15 is 0 Å². The van der Waals surface area contributed by atoms with Crippen molar-refractivity contribution in [2.24, 2.45) is 0 Å². The van der Waals surface area contributed by atoms with E-state index in [1.165, 1.54) is 9.21 Å². The maximum Gasteiger partial charge on any atom is 0.242 e. The predicted molar refractivity (Wildman–Crippen MR) is 142 cm³/mol. The van der Waals surface area contributed by atoms with Crippen molar-refractivity contribution < 1.29 is 18.0 Å². The first-order valence-corrected chi connectivity index (χ1v) is 14.2. The highest BCUT2D eigenvalue weighted by molar-refractivity contribution is 7.92. The molecule has 35 heavy (non-hydrogen) atoms. The van der Waals surface area contributed by atoms with Crippen LogP contribution >= 0.6 is 23.2 Å². The minimum atomic E-state index is -3.53. The maximum atomic E-state index is 13.3. The summed E-state index contributed by atoms with van der Waals surface area (Å²) < 4.78 is 25.9. The van der Waals surface area contributed by atoms with Gasteiger partial charge in [-0.1, -0.05) is 60.8 Å². The van der Waals surface area contributed by atoms with E-state index < -0.39 is 16.1 Å². The normalized spacial score (nSPS) is 12.1. The zero-order valence-electron chi connectivity index (χ0n) is 20.3. The number of carbonyl (C=O) groups excluding carboxylic acids is 2. The fourth-order valence-corrected chi connectivity index (χ4v) is 5.05. The number of benzene rings is 2. The van der Waals surface area contributed by atoms with E-state index in [4.69, 9.17) is 23.2 Å². The zero-order valence-corrected chi connectivity index (χ0v) is 22.7. The Morgan fingerprint density at radius 3 is 2.20 bits per heavy atom. The molecule has 10 heteroatoms. The summed E-state index contributed by atoms with van der Waals surface area (Å²) in [5.74, 6) is -0.558. The SMILES string of the molecule is CCCCNC(=O)[C@H](C)N(Cc1c(Cl)cccc1Cl)C(=O)CCCN(c1ccccc1)S(C)(=O)=O. The van der Waals surface area contributed by atoms with Crippen LogP contribution < -0.4 is 9.62 Å². The van der Waals surface area contributed by atoms with Gasteiger partial charge in [-0.3, -0.25) is 13.9 Å². The molecule has 1 atom stereocenters. The van der Waals surface area contributed by atoms with Gasteiger partial charge in [0.25, 0.3) is 0 Å². The molecule has 0 fully saturated rings. The molecule has 2 aromatic carbocycles. The van der Waals surface area contributed by atoms with Crippen molar-refractivity contribution in [3.05, 3.63) is 64.1 Å². The van der Waals surface area contributed by atoms with E-state index in [1.54, 1.807) is 55.5 Å². The lowest BCUT2D eigenvalue weighted by atomic mass is 10.1. The molecule has 0 aliphatic heterocycles. The Balaban J connectivity index is 2.18. The average molecular weight is 543 g/mol. The van der Waals surface area contributed by atoms with Gasteiger partial charge in [-0.25, -0.2) is 8.42 Å². The number of nitrogens with one attached hydrogen (secondary N) is 1. The molecule has 0 saturated heterocycles. The van der Waals surface area contributed by atoms with Crippen LogP contribution in [0.15, 0.2) is 48.5 Å².